The maximum Gasteiger partial charge on any atom is 0.325 e. The lowest BCUT2D eigenvalue weighted by Gasteiger charge is -2.07. The van der Waals surface area contributed by atoms with E-state index in [2.05, 4.69) is 15.6 Å². The second kappa shape index (κ2) is 6.35. The molecule has 0 aromatic heterocycles. The number of halogens is 1. The van der Waals surface area contributed by atoms with Gasteiger partial charge in [0.15, 0.2) is 6.19 Å². The van der Waals surface area contributed by atoms with Gasteiger partial charge in [0.05, 0.1) is 0 Å². The first-order valence-electron chi connectivity index (χ1n) is 4.56. The molecule has 1 aromatic rings. The van der Waals surface area contributed by atoms with Gasteiger partial charge in [0.1, 0.15) is 6.54 Å². The summed E-state index contributed by atoms with van der Waals surface area (Å²) in [5.41, 5.74) is 0.601. The molecule has 6 nitrogen and oxygen atoms in total. The Hall–Kier alpha value is -2.26. The number of hydrogen-bond donors (Lipinski definition) is 3. The van der Waals surface area contributed by atoms with Gasteiger partial charge in [-0.3, -0.25) is 10.1 Å². The molecule has 0 aliphatic rings. The molecule has 0 aliphatic carbocycles. The topological polar surface area (TPSA) is 97.5 Å². The number of carbonyl (C=O) groups is 1. The average Bonchev–Trinajstić information content (AvgIpc) is 2.26. The van der Waals surface area contributed by atoms with Crippen molar-refractivity contribution in [2.45, 2.75) is 0 Å². The highest BCUT2D eigenvalue weighted by atomic mass is 35.5. The minimum absolute atomic E-state index is 0.0529. The molecule has 17 heavy (non-hydrogen) atoms. The van der Waals surface area contributed by atoms with E-state index < -0.39 is 12.5 Å². The minimum Gasteiger partial charge on any atom is -0.480 e. The number of guanidine groups is 1. The van der Waals surface area contributed by atoms with Gasteiger partial charge in [0.2, 0.25) is 5.96 Å². The van der Waals surface area contributed by atoms with Gasteiger partial charge in [-0.15, -0.1) is 0 Å². The van der Waals surface area contributed by atoms with Gasteiger partial charge in [-0.05, 0) is 18.2 Å². The first-order valence-corrected chi connectivity index (χ1v) is 4.93. The van der Waals surface area contributed by atoms with Crippen molar-refractivity contribution in [3.63, 3.8) is 0 Å². The number of carboxylic acids is 1. The van der Waals surface area contributed by atoms with Crippen LogP contribution in [0.1, 0.15) is 0 Å². The third-order valence-corrected chi connectivity index (χ3v) is 1.87. The Kier molecular flexibility index (Phi) is 4.78. The molecule has 3 N–H and O–H groups in total. The molecule has 88 valence electrons. The van der Waals surface area contributed by atoms with E-state index in [9.17, 15) is 4.79 Å². The molecule has 0 radical (unpaired) electrons. The van der Waals surface area contributed by atoms with Crippen LogP contribution < -0.4 is 10.6 Å². The second-order valence-corrected chi connectivity index (χ2v) is 3.37. The molecule has 0 atom stereocenters. The predicted octanol–water partition coefficient (Wildman–Crippen LogP) is 1.26. The average molecular weight is 253 g/mol. The number of nitrogens with zero attached hydrogens (tertiary/aromatic N) is 2. The van der Waals surface area contributed by atoms with E-state index in [1.54, 1.807) is 30.5 Å². The maximum atomic E-state index is 10.3. The molecule has 0 amide bonds. The zero-order valence-corrected chi connectivity index (χ0v) is 9.40. The Labute approximate surface area is 103 Å². The predicted molar refractivity (Wildman–Crippen MR) is 63.8 cm³/mol. The van der Waals surface area contributed by atoms with E-state index in [1.165, 1.54) is 0 Å². The number of rotatable bonds is 3. The van der Waals surface area contributed by atoms with Gasteiger partial charge in [-0.2, -0.15) is 5.26 Å². The standard InChI is InChI=1S/C10H9ClN4O2/c11-7-2-1-3-8(4-7)15-10(14-6-12)13-5-9(16)17/h1-4H,5H2,(H,16,17)(H2,13,14,15). The molecular weight excluding hydrogens is 244 g/mol. The summed E-state index contributed by atoms with van der Waals surface area (Å²) < 4.78 is 0. The Balaban J connectivity index is 2.76. The number of aliphatic carboxylic acids is 1. The number of aliphatic imine (C=N–C) groups is 1. The molecule has 0 saturated carbocycles. The second-order valence-electron chi connectivity index (χ2n) is 2.93. The van der Waals surface area contributed by atoms with Crippen molar-refractivity contribution in [3.05, 3.63) is 29.3 Å². The molecule has 1 rings (SSSR count). The summed E-state index contributed by atoms with van der Waals surface area (Å²) in [6.07, 6.45) is 1.66. The molecule has 0 unspecified atom stereocenters. The van der Waals surface area contributed by atoms with Crippen molar-refractivity contribution < 1.29 is 9.90 Å². The van der Waals surface area contributed by atoms with Crippen molar-refractivity contribution in [2.75, 3.05) is 11.9 Å². The smallest absolute Gasteiger partial charge is 0.325 e. The fourth-order valence-corrected chi connectivity index (χ4v) is 1.20. The van der Waals surface area contributed by atoms with Crippen LogP contribution in [0.3, 0.4) is 0 Å². The van der Waals surface area contributed by atoms with Crippen molar-refractivity contribution in [2.24, 2.45) is 4.99 Å². The van der Waals surface area contributed by atoms with Crippen LogP contribution in [0.2, 0.25) is 5.02 Å². The highest BCUT2D eigenvalue weighted by Gasteiger charge is 2.01. The quantitative estimate of drug-likeness (QED) is 0.326. The molecule has 0 bridgehead atoms. The van der Waals surface area contributed by atoms with Crippen molar-refractivity contribution in [3.8, 4) is 6.19 Å². The Morgan fingerprint density at radius 3 is 2.94 bits per heavy atom. The molecule has 0 fully saturated rings. The number of benzene rings is 1. The Bertz CT molecular complexity index is 481. The number of anilines is 1. The first kappa shape index (κ1) is 12.8. The summed E-state index contributed by atoms with van der Waals surface area (Å²) in [7, 11) is 0. The van der Waals surface area contributed by atoms with Gasteiger partial charge in [0.25, 0.3) is 0 Å². The highest BCUT2D eigenvalue weighted by Crippen LogP contribution is 2.14. The SMILES string of the molecule is N#CNC(=NCC(=O)O)Nc1cccc(Cl)c1. The summed E-state index contributed by atoms with van der Waals surface area (Å²) in [5.74, 6) is -1.03. The Morgan fingerprint density at radius 1 is 1.59 bits per heavy atom. The van der Waals surface area contributed by atoms with Crippen LogP contribution in [0.15, 0.2) is 29.3 Å². The van der Waals surface area contributed by atoms with Gasteiger partial charge in [0, 0.05) is 10.7 Å². The van der Waals surface area contributed by atoms with E-state index in [0.29, 0.717) is 10.7 Å². The van der Waals surface area contributed by atoms with Crippen LogP contribution >= 0.6 is 11.6 Å². The van der Waals surface area contributed by atoms with E-state index in [0.717, 1.165) is 0 Å². The molecule has 7 heteroatoms. The summed E-state index contributed by atoms with van der Waals surface area (Å²) in [4.78, 5) is 14.0. The van der Waals surface area contributed by atoms with Gasteiger partial charge < -0.3 is 10.4 Å². The number of nitrogens with one attached hydrogen (secondary N) is 2. The minimum atomic E-state index is -1.09. The van der Waals surface area contributed by atoms with Crippen LogP contribution in [0.25, 0.3) is 0 Å². The largest absolute Gasteiger partial charge is 0.480 e. The number of nitriles is 1. The van der Waals surface area contributed by atoms with Crippen LogP contribution in [-0.4, -0.2) is 23.6 Å². The molecule has 0 heterocycles. The molecule has 1 aromatic carbocycles. The fourth-order valence-electron chi connectivity index (χ4n) is 1.01. The lowest BCUT2D eigenvalue weighted by molar-refractivity contribution is -0.135. The number of carboxylic acid groups (broad SMARTS) is 1. The first-order chi connectivity index (χ1) is 8.11. The van der Waals surface area contributed by atoms with Crippen LogP contribution in [-0.2, 0) is 4.79 Å². The van der Waals surface area contributed by atoms with Crippen molar-refractivity contribution in [1.29, 1.82) is 5.26 Å². The molecule has 0 aliphatic heterocycles. The zero-order valence-electron chi connectivity index (χ0n) is 8.64. The third-order valence-electron chi connectivity index (χ3n) is 1.63. The molecular formula is C10H9ClN4O2. The van der Waals surface area contributed by atoms with Crippen LogP contribution in [0.4, 0.5) is 5.69 Å². The summed E-state index contributed by atoms with van der Waals surface area (Å²) >= 11 is 5.77. The van der Waals surface area contributed by atoms with Gasteiger partial charge in [-0.25, -0.2) is 4.99 Å². The van der Waals surface area contributed by atoms with Gasteiger partial charge in [-0.1, -0.05) is 17.7 Å². The van der Waals surface area contributed by atoms with Gasteiger partial charge >= 0.3 is 5.97 Å². The van der Waals surface area contributed by atoms with E-state index in [4.69, 9.17) is 22.0 Å². The zero-order chi connectivity index (χ0) is 12.7. The maximum absolute atomic E-state index is 10.3. The van der Waals surface area contributed by atoms with E-state index in [1.807, 2.05) is 0 Å². The van der Waals surface area contributed by atoms with Crippen LogP contribution in [0, 0.1) is 11.5 Å². The Morgan fingerprint density at radius 2 is 2.35 bits per heavy atom. The number of hydrogen-bond acceptors (Lipinski definition) is 3. The summed E-state index contributed by atoms with van der Waals surface area (Å²) in [6, 6.07) is 6.74. The van der Waals surface area contributed by atoms with Crippen molar-refractivity contribution in [1.82, 2.24) is 5.32 Å². The van der Waals surface area contributed by atoms with E-state index in [-0.39, 0.29) is 5.96 Å². The summed E-state index contributed by atoms with van der Waals surface area (Å²) in [5, 5.41) is 22.5. The van der Waals surface area contributed by atoms with E-state index >= 15 is 0 Å². The molecule has 0 saturated heterocycles. The van der Waals surface area contributed by atoms with Crippen LogP contribution in [0.5, 0.6) is 0 Å². The lowest BCUT2D eigenvalue weighted by Crippen LogP contribution is -2.27. The fraction of sp³-hybridized carbons (Fsp3) is 0.100. The normalized spacial score (nSPS) is 10.5. The van der Waals surface area contributed by atoms with Crippen molar-refractivity contribution >= 4 is 29.2 Å². The lowest BCUT2D eigenvalue weighted by atomic mass is 10.3. The summed E-state index contributed by atoms with van der Waals surface area (Å²) in [6.45, 7) is -0.433. The monoisotopic (exact) mass is 252 g/mol. The molecule has 0 spiro atoms. The highest BCUT2D eigenvalue weighted by molar-refractivity contribution is 6.30. The third kappa shape index (κ3) is 4.86.